The molecule has 0 radical (unpaired) electrons. The number of hydrogen-bond donors (Lipinski definition) is 1. The van der Waals surface area contributed by atoms with Crippen molar-refractivity contribution in [3.8, 4) is 0 Å². The molecule has 1 unspecified atom stereocenters. The molecule has 0 saturated carbocycles. The molecule has 1 atom stereocenters. The zero-order chi connectivity index (χ0) is 10.3. The van der Waals surface area contributed by atoms with Gasteiger partial charge in [0.1, 0.15) is 0 Å². The molecule has 15 heavy (non-hydrogen) atoms. The van der Waals surface area contributed by atoms with Crippen molar-refractivity contribution in [3.63, 3.8) is 0 Å². The molecule has 88 valence electrons. The van der Waals surface area contributed by atoms with E-state index < -0.39 is 0 Å². The molecule has 0 aliphatic carbocycles. The van der Waals surface area contributed by atoms with Crippen LogP contribution in [0.2, 0.25) is 0 Å². The molecule has 0 aromatic heterocycles. The summed E-state index contributed by atoms with van der Waals surface area (Å²) in [6, 6.07) is 0.802. The van der Waals surface area contributed by atoms with Crippen molar-refractivity contribution < 1.29 is 4.74 Å². The Morgan fingerprint density at radius 3 is 2.80 bits per heavy atom. The van der Waals surface area contributed by atoms with Gasteiger partial charge in [0.05, 0.1) is 6.10 Å². The lowest BCUT2D eigenvalue weighted by Crippen LogP contribution is -2.33. The van der Waals surface area contributed by atoms with E-state index in [9.17, 15) is 0 Å². The quantitative estimate of drug-likeness (QED) is 0.732. The molecule has 1 N–H and O–H groups in total. The van der Waals surface area contributed by atoms with Gasteiger partial charge in [-0.15, -0.1) is 0 Å². The van der Waals surface area contributed by atoms with Crippen LogP contribution in [0.15, 0.2) is 0 Å². The number of nitrogens with one attached hydrogen (secondary N) is 1. The molecule has 0 bridgehead atoms. The Hall–Kier alpha value is 0.270. The van der Waals surface area contributed by atoms with Crippen molar-refractivity contribution in [3.05, 3.63) is 0 Å². The van der Waals surface area contributed by atoms with Gasteiger partial charge in [0.25, 0.3) is 0 Å². The summed E-state index contributed by atoms with van der Waals surface area (Å²) in [5.41, 5.74) is 0. The van der Waals surface area contributed by atoms with Crippen LogP contribution in [0, 0.1) is 0 Å². The van der Waals surface area contributed by atoms with E-state index in [0.29, 0.717) is 6.10 Å². The third kappa shape index (κ3) is 4.33. The van der Waals surface area contributed by atoms with Crippen LogP contribution < -0.4 is 5.32 Å². The summed E-state index contributed by atoms with van der Waals surface area (Å²) in [4.78, 5) is 0. The smallest absolute Gasteiger partial charge is 0.0576 e. The molecule has 2 heterocycles. The van der Waals surface area contributed by atoms with Crippen molar-refractivity contribution in [1.29, 1.82) is 0 Å². The average Bonchev–Trinajstić information content (AvgIpc) is 2.79. The maximum absolute atomic E-state index is 5.61. The molecule has 0 aromatic carbocycles. The Labute approximate surface area is 97.5 Å². The predicted octanol–water partition coefficient (Wildman–Crippen LogP) is 2.43. The molecule has 0 amide bonds. The fraction of sp³-hybridized carbons (Fsp3) is 1.00. The van der Waals surface area contributed by atoms with Gasteiger partial charge in [0.15, 0.2) is 0 Å². The van der Waals surface area contributed by atoms with E-state index in [0.717, 1.165) is 12.6 Å². The molecule has 2 saturated heterocycles. The molecule has 0 spiro atoms. The van der Waals surface area contributed by atoms with Gasteiger partial charge < -0.3 is 10.1 Å². The zero-order valence-corrected chi connectivity index (χ0v) is 10.4. The Kier molecular flexibility index (Phi) is 5.30. The highest BCUT2D eigenvalue weighted by Gasteiger charge is 2.15. The molecule has 3 heteroatoms. The summed E-state index contributed by atoms with van der Waals surface area (Å²) < 4.78 is 5.61. The lowest BCUT2D eigenvalue weighted by molar-refractivity contribution is 0.102. The number of hydrogen-bond acceptors (Lipinski definition) is 3. The van der Waals surface area contributed by atoms with Gasteiger partial charge in [-0.2, -0.15) is 11.8 Å². The van der Waals surface area contributed by atoms with E-state index in [1.54, 1.807) is 0 Å². The Bertz CT molecular complexity index is 165. The van der Waals surface area contributed by atoms with Crippen LogP contribution in [0.4, 0.5) is 0 Å². The largest absolute Gasteiger partial charge is 0.378 e. The van der Waals surface area contributed by atoms with Crippen LogP contribution in [0.25, 0.3) is 0 Å². The summed E-state index contributed by atoms with van der Waals surface area (Å²) in [7, 11) is 0. The molecular weight excluding hydrogens is 206 g/mol. The summed E-state index contributed by atoms with van der Waals surface area (Å²) >= 11 is 2.10. The third-order valence-electron chi connectivity index (χ3n) is 3.38. The number of rotatable bonds is 5. The second-order valence-electron chi connectivity index (χ2n) is 4.62. The van der Waals surface area contributed by atoms with Crippen LogP contribution in [0.1, 0.15) is 38.5 Å². The van der Waals surface area contributed by atoms with Crippen LogP contribution >= 0.6 is 11.8 Å². The minimum atomic E-state index is 0.578. The summed E-state index contributed by atoms with van der Waals surface area (Å²) in [6.45, 7) is 2.19. The van der Waals surface area contributed by atoms with Gasteiger partial charge in [0.2, 0.25) is 0 Å². The Balaban J connectivity index is 1.47. The first kappa shape index (κ1) is 11.7. The lowest BCUT2D eigenvalue weighted by atomic mass is 10.1. The number of ether oxygens (including phenoxy) is 1. The van der Waals surface area contributed by atoms with Crippen LogP contribution in [-0.2, 0) is 4.74 Å². The Morgan fingerprint density at radius 2 is 2.07 bits per heavy atom. The average molecular weight is 229 g/mol. The monoisotopic (exact) mass is 229 g/mol. The van der Waals surface area contributed by atoms with E-state index in [-0.39, 0.29) is 0 Å². The number of thioether (sulfide) groups is 1. The normalized spacial score (nSPS) is 28.4. The first-order valence-electron chi connectivity index (χ1n) is 6.38. The second kappa shape index (κ2) is 6.77. The van der Waals surface area contributed by atoms with E-state index in [2.05, 4.69) is 17.1 Å². The fourth-order valence-electron chi connectivity index (χ4n) is 2.41. The maximum atomic E-state index is 5.61. The Morgan fingerprint density at radius 1 is 1.20 bits per heavy atom. The van der Waals surface area contributed by atoms with E-state index in [4.69, 9.17) is 4.74 Å². The topological polar surface area (TPSA) is 21.3 Å². The highest BCUT2D eigenvalue weighted by molar-refractivity contribution is 7.99. The summed E-state index contributed by atoms with van der Waals surface area (Å²) in [6.07, 6.45) is 8.42. The highest BCUT2D eigenvalue weighted by atomic mass is 32.2. The highest BCUT2D eigenvalue weighted by Crippen LogP contribution is 2.18. The van der Waals surface area contributed by atoms with Gasteiger partial charge in [-0.05, 0) is 56.6 Å². The SMILES string of the molecule is C(CNC1CCSCC1)CC1CCCO1. The van der Waals surface area contributed by atoms with Gasteiger partial charge in [-0.1, -0.05) is 0 Å². The lowest BCUT2D eigenvalue weighted by Gasteiger charge is -2.22. The van der Waals surface area contributed by atoms with Crippen molar-refractivity contribution in [2.24, 2.45) is 0 Å². The van der Waals surface area contributed by atoms with Crippen LogP contribution in [0.3, 0.4) is 0 Å². The van der Waals surface area contributed by atoms with E-state index in [1.807, 2.05) is 0 Å². The van der Waals surface area contributed by atoms with Crippen LogP contribution in [0.5, 0.6) is 0 Å². The minimum absolute atomic E-state index is 0.578. The third-order valence-corrected chi connectivity index (χ3v) is 4.43. The predicted molar refractivity (Wildman–Crippen MR) is 66.6 cm³/mol. The van der Waals surface area contributed by atoms with Gasteiger partial charge in [0, 0.05) is 12.6 Å². The fourth-order valence-corrected chi connectivity index (χ4v) is 3.52. The van der Waals surface area contributed by atoms with Gasteiger partial charge in [-0.3, -0.25) is 0 Å². The zero-order valence-electron chi connectivity index (χ0n) is 9.54. The second-order valence-corrected chi connectivity index (χ2v) is 5.84. The summed E-state index contributed by atoms with van der Waals surface area (Å²) in [5, 5.41) is 3.68. The van der Waals surface area contributed by atoms with E-state index >= 15 is 0 Å². The molecular formula is C12H23NOS. The van der Waals surface area contributed by atoms with Crippen molar-refractivity contribution in [1.82, 2.24) is 5.32 Å². The van der Waals surface area contributed by atoms with Crippen molar-refractivity contribution in [2.75, 3.05) is 24.7 Å². The molecule has 2 aliphatic heterocycles. The molecule has 2 rings (SSSR count). The first-order valence-corrected chi connectivity index (χ1v) is 7.53. The first-order chi connectivity index (χ1) is 7.45. The maximum Gasteiger partial charge on any atom is 0.0576 e. The van der Waals surface area contributed by atoms with Crippen LogP contribution in [-0.4, -0.2) is 36.8 Å². The van der Waals surface area contributed by atoms with E-state index in [1.165, 1.54) is 56.6 Å². The molecule has 2 aliphatic rings. The molecule has 2 fully saturated rings. The minimum Gasteiger partial charge on any atom is -0.378 e. The van der Waals surface area contributed by atoms with Gasteiger partial charge >= 0.3 is 0 Å². The van der Waals surface area contributed by atoms with Crippen molar-refractivity contribution in [2.45, 2.75) is 50.7 Å². The summed E-state index contributed by atoms with van der Waals surface area (Å²) in [5.74, 6) is 2.70. The standard InChI is InChI=1S/C12H23NOS/c1(3-12-4-2-8-14-12)7-13-11-5-9-15-10-6-11/h11-13H,1-10H2. The molecule has 0 aromatic rings. The molecule has 2 nitrogen and oxygen atoms in total. The van der Waals surface area contributed by atoms with Crippen molar-refractivity contribution >= 4 is 11.8 Å². The van der Waals surface area contributed by atoms with Gasteiger partial charge in [-0.25, -0.2) is 0 Å².